The molecule has 0 spiro atoms. The highest BCUT2D eigenvalue weighted by Crippen LogP contribution is 2.62. The first-order valence-electron chi connectivity index (χ1n) is 37.8. The Balaban J connectivity index is 1.30. The molecule has 1 aliphatic carbocycles. The summed E-state index contributed by atoms with van der Waals surface area (Å²) in [6.07, 6.45) is 51.1. The highest BCUT2D eigenvalue weighted by atomic mass is 16.7. The summed E-state index contributed by atoms with van der Waals surface area (Å²) >= 11 is 0. The topological polar surface area (TPSA) is 133 Å². The quantitative estimate of drug-likeness (QED) is 0.0323. The molecule has 2 atom stereocenters. The molecule has 4 aromatic carbocycles. The summed E-state index contributed by atoms with van der Waals surface area (Å²) in [6, 6.07) is 9.18. The zero-order valence-electron chi connectivity index (χ0n) is 58.7. The number of benzene rings is 4. The van der Waals surface area contributed by atoms with Gasteiger partial charge in [-0.05, 0) is 49.9 Å². The smallest absolute Gasteiger partial charge is 0.231 e. The van der Waals surface area contributed by atoms with Crippen LogP contribution in [0.4, 0.5) is 0 Å². The van der Waals surface area contributed by atoms with Gasteiger partial charge in [-0.1, -0.05) is 271 Å². The van der Waals surface area contributed by atoms with Crippen molar-refractivity contribution in [1.82, 2.24) is 0 Å². The van der Waals surface area contributed by atoms with Crippen LogP contribution in [-0.4, -0.2) is 37.4 Å². The Labute approximate surface area is 565 Å². The molecule has 4 aromatic rings. The fourth-order valence-corrected chi connectivity index (χ4v) is 15.5. The van der Waals surface area contributed by atoms with Crippen molar-refractivity contribution < 1.29 is 57.6 Å². The van der Waals surface area contributed by atoms with Crippen molar-refractivity contribution >= 4 is 0 Å². The second kappa shape index (κ2) is 39.0. The lowest BCUT2D eigenvalue weighted by atomic mass is 9.75. The van der Waals surface area contributed by atoms with Gasteiger partial charge in [-0.25, -0.2) is 0 Å². The minimum atomic E-state index is -0.402. The Hall–Kier alpha value is -6.40. The van der Waals surface area contributed by atoms with E-state index < -0.39 is 5.92 Å². The normalized spacial score (nSPS) is 16.8. The number of hydrogen-bond acceptors (Lipinski definition) is 12. The van der Waals surface area contributed by atoms with Gasteiger partial charge in [0.1, 0.15) is 12.2 Å². The van der Waals surface area contributed by atoms with Crippen LogP contribution in [0.5, 0.6) is 69.0 Å². The van der Waals surface area contributed by atoms with Crippen LogP contribution in [0, 0.1) is 24.1 Å². The lowest BCUT2D eigenvalue weighted by Crippen LogP contribution is -2.23. The third kappa shape index (κ3) is 18.6. The van der Waals surface area contributed by atoms with Gasteiger partial charge in [-0.15, -0.1) is 0 Å². The van der Waals surface area contributed by atoms with Crippen LogP contribution in [0.25, 0.3) is 0 Å². The van der Waals surface area contributed by atoms with Crippen LogP contribution in [0.2, 0.25) is 0 Å². The average Bonchev–Trinajstić information content (AvgIpc) is 0.732. The molecule has 516 valence electrons. The van der Waals surface area contributed by atoms with Crippen LogP contribution in [-0.2, 0) is 0 Å². The maximum atomic E-state index is 13.2. The van der Waals surface area contributed by atoms with Crippen LogP contribution in [0.1, 0.15) is 367 Å². The van der Waals surface area contributed by atoms with E-state index in [1.54, 1.807) is 13.8 Å². The van der Waals surface area contributed by atoms with Gasteiger partial charge in [0.2, 0.25) is 50.2 Å². The van der Waals surface area contributed by atoms with Crippen molar-refractivity contribution in [1.29, 1.82) is 0 Å². The molecule has 8 bridgehead atoms. The molecule has 0 radical (unpaired) electrons. The molecule has 2 unspecified atom stereocenters. The summed E-state index contributed by atoms with van der Waals surface area (Å²) in [5, 5.41) is 26.3. The van der Waals surface area contributed by atoms with Crippen molar-refractivity contribution in [2.45, 2.75) is 322 Å². The van der Waals surface area contributed by atoms with E-state index in [0.717, 1.165) is 141 Å². The predicted molar refractivity (Wildman–Crippen MR) is 376 cm³/mol. The van der Waals surface area contributed by atoms with Crippen molar-refractivity contribution in [2.24, 2.45) is 0 Å². The maximum Gasteiger partial charge on any atom is 0.231 e. The van der Waals surface area contributed by atoms with Crippen molar-refractivity contribution in [2.75, 3.05) is 27.2 Å². The molecular weight excluding hydrogens is 1180 g/mol. The minimum Gasteiger partial charge on any atom is -0.502 e. The third-order valence-corrected chi connectivity index (χ3v) is 20.6. The van der Waals surface area contributed by atoms with Crippen LogP contribution in [0.3, 0.4) is 0 Å². The Bertz CT molecular complexity index is 2940. The number of phenolic OH excluding ortho intramolecular Hbond substituents is 2. The number of ether oxygens (including phenoxy) is 10. The zero-order valence-corrected chi connectivity index (χ0v) is 58.7. The first-order chi connectivity index (χ1) is 46.4. The van der Waals surface area contributed by atoms with Gasteiger partial charge < -0.3 is 57.6 Å². The number of unbranched alkanes of at least 4 members (excludes halogenated alkanes) is 32. The lowest BCUT2D eigenvalue weighted by Gasteiger charge is -2.36. The SMILES string of the molecule is CC#COc1c2c3cc4c1OCOc1c(cc5c(c1OC#CC)OCOc1c(cc6c(c1O)OCOc1c(cc(c(c1O)OCO2)C3CCCCCCCCCCC)C6CCCCCCCCCCC)C5CCCCCCCCCCC)C4CCCCCCCCCCC. The summed E-state index contributed by atoms with van der Waals surface area (Å²) in [4.78, 5) is 0. The van der Waals surface area contributed by atoms with E-state index in [0.29, 0.717) is 63.9 Å². The van der Waals surface area contributed by atoms with E-state index >= 15 is 0 Å². The molecule has 0 saturated heterocycles. The van der Waals surface area contributed by atoms with E-state index in [2.05, 4.69) is 76.0 Å². The molecule has 12 nitrogen and oxygen atoms in total. The van der Waals surface area contributed by atoms with Gasteiger partial charge in [-0.3, -0.25) is 0 Å². The van der Waals surface area contributed by atoms with E-state index in [-0.39, 0.29) is 56.4 Å². The molecule has 12 heteroatoms. The number of phenols is 2. The van der Waals surface area contributed by atoms with Gasteiger partial charge in [0.05, 0.1) is 0 Å². The zero-order chi connectivity index (χ0) is 65.7. The predicted octanol–water partition coefficient (Wildman–Crippen LogP) is 23.3. The van der Waals surface area contributed by atoms with Gasteiger partial charge in [0, 0.05) is 82.0 Å². The summed E-state index contributed by atoms with van der Waals surface area (Å²) in [7, 11) is 0. The Morgan fingerprint density at radius 1 is 0.287 bits per heavy atom. The summed E-state index contributed by atoms with van der Waals surface area (Å²) in [6.45, 7) is 11.6. The molecule has 0 amide bonds. The van der Waals surface area contributed by atoms with Gasteiger partial charge >= 0.3 is 0 Å². The summed E-state index contributed by atoms with van der Waals surface area (Å²) in [5.41, 5.74) is 7.00. The van der Waals surface area contributed by atoms with Gasteiger partial charge in [0.15, 0.2) is 46.0 Å². The second-order valence-corrected chi connectivity index (χ2v) is 27.4. The molecule has 9 rings (SSSR count). The van der Waals surface area contributed by atoms with Crippen LogP contribution >= 0.6 is 0 Å². The Kier molecular flexibility index (Phi) is 29.8. The second-order valence-electron chi connectivity index (χ2n) is 27.4. The van der Waals surface area contributed by atoms with Gasteiger partial charge in [-0.2, -0.15) is 0 Å². The molecule has 0 saturated carbocycles. The third-order valence-electron chi connectivity index (χ3n) is 20.6. The Morgan fingerprint density at radius 3 is 0.670 bits per heavy atom. The lowest BCUT2D eigenvalue weighted by molar-refractivity contribution is 0.0877. The largest absolute Gasteiger partial charge is 0.502 e. The maximum absolute atomic E-state index is 13.2. The minimum absolute atomic E-state index is 0.0867. The number of hydrogen-bond donors (Lipinski definition) is 2. The fourth-order valence-electron chi connectivity index (χ4n) is 15.5. The van der Waals surface area contributed by atoms with E-state index in [1.165, 1.54) is 154 Å². The average molecular weight is 1290 g/mol. The van der Waals surface area contributed by atoms with Crippen molar-refractivity contribution in [3.63, 3.8) is 0 Å². The van der Waals surface area contributed by atoms with Crippen molar-refractivity contribution in [3.05, 3.63) is 68.8 Å². The summed E-state index contributed by atoms with van der Waals surface area (Å²) in [5.74, 6) is 8.36. The van der Waals surface area contributed by atoms with Crippen LogP contribution in [0.15, 0.2) is 24.3 Å². The molecule has 2 N–H and O–H groups in total. The molecule has 4 aliphatic heterocycles. The van der Waals surface area contributed by atoms with Gasteiger partial charge in [0.25, 0.3) is 0 Å². The fraction of sp³-hybridized carbons (Fsp3) is 0.659. The molecule has 4 heterocycles. The first kappa shape index (κ1) is 71.9. The van der Waals surface area contributed by atoms with E-state index in [1.807, 2.05) is 0 Å². The number of rotatable bonds is 42. The highest BCUT2D eigenvalue weighted by molar-refractivity contribution is 5.73. The highest BCUT2D eigenvalue weighted by Gasteiger charge is 2.42. The molecular formula is C82H116O12. The Morgan fingerprint density at radius 2 is 0.468 bits per heavy atom. The van der Waals surface area contributed by atoms with E-state index in [4.69, 9.17) is 47.4 Å². The van der Waals surface area contributed by atoms with E-state index in [9.17, 15) is 10.2 Å². The van der Waals surface area contributed by atoms with Crippen LogP contribution < -0.4 is 47.4 Å². The standard InChI is InChI=1S/C82H116O12/c1-7-13-17-21-25-29-33-37-41-45-59-63-51-65-60(46-42-38-34-30-26-22-18-14-8-2)67-53-69-62(48-44-40-36-32-28-24-20-16-10-4)70-54-68-61(47-43-39-35-31-27-23-19-15-9-3)66-52-64(59)74-72(84)76(66)90-57-92-78(68)82(86-50-12-6)80(70)94-58-93-79(69)81(85-49-11-5)77(67)91-56-89-75(65)71(83)73(63)87-55-88-74/h51-54,59-62,83-84H,7-10,13-48,55-58H2,1-6H3. The molecule has 5 aliphatic rings. The van der Waals surface area contributed by atoms with Crippen molar-refractivity contribution in [3.8, 4) is 93.0 Å². The number of aromatic hydroxyl groups is 2. The summed E-state index contributed by atoms with van der Waals surface area (Å²) < 4.78 is 68.1. The first-order valence-corrected chi connectivity index (χ1v) is 37.8. The molecule has 0 fully saturated rings. The monoisotopic (exact) mass is 1290 g/mol. The molecule has 94 heavy (non-hydrogen) atoms. The molecule has 0 aromatic heterocycles.